The average molecular weight is 315 g/mol. The lowest BCUT2D eigenvalue weighted by molar-refractivity contribution is 0.111. The lowest BCUT2D eigenvalue weighted by atomic mass is 10.1. The van der Waals surface area contributed by atoms with Gasteiger partial charge in [-0.3, -0.25) is 0 Å². The Morgan fingerprint density at radius 1 is 1.26 bits per heavy atom. The van der Waals surface area contributed by atoms with Gasteiger partial charge < -0.3 is 15.4 Å². The minimum Gasteiger partial charge on any atom is -0.376 e. The van der Waals surface area contributed by atoms with Crippen molar-refractivity contribution < 1.29 is 9.53 Å². The van der Waals surface area contributed by atoms with Gasteiger partial charge in [-0.1, -0.05) is 24.3 Å². The fourth-order valence-corrected chi connectivity index (χ4v) is 2.52. The van der Waals surface area contributed by atoms with Gasteiger partial charge in [0.2, 0.25) is 0 Å². The number of carbonyl (C=O) groups is 1. The van der Waals surface area contributed by atoms with Gasteiger partial charge in [-0.2, -0.15) is 5.10 Å². The Hall–Kier alpha value is -2.41. The van der Waals surface area contributed by atoms with Crippen molar-refractivity contribution >= 4 is 6.03 Å². The summed E-state index contributed by atoms with van der Waals surface area (Å²) in [6.45, 7) is 2.56. The summed E-state index contributed by atoms with van der Waals surface area (Å²) in [5.74, 6) is 0. The van der Waals surface area contributed by atoms with Crippen LogP contribution in [0.25, 0.3) is 0 Å². The van der Waals surface area contributed by atoms with Crippen LogP contribution in [0.3, 0.4) is 0 Å². The molecule has 7 heteroatoms. The fraction of sp³-hybridized carbons (Fsp3) is 0.438. The van der Waals surface area contributed by atoms with E-state index in [0.29, 0.717) is 19.6 Å². The van der Waals surface area contributed by atoms with E-state index in [4.69, 9.17) is 4.74 Å². The fourth-order valence-electron chi connectivity index (χ4n) is 2.52. The molecule has 0 bridgehead atoms. The van der Waals surface area contributed by atoms with E-state index >= 15 is 0 Å². The Balaban J connectivity index is 1.40. The van der Waals surface area contributed by atoms with E-state index in [1.807, 2.05) is 24.3 Å². The average Bonchev–Trinajstić information content (AvgIpc) is 3.26. The summed E-state index contributed by atoms with van der Waals surface area (Å²) in [7, 11) is 0. The Labute approximate surface area is 135 Å². The van der Waals surface area contributed by atoms with Gasteiger partial charge in [-0.15, -0.1) is 0 Å². The molecule has 0 radical (unpaired) electrons. The van der Waals surface area contributed by atoms with Gasteiger partial charge in [0.1, 0.15) is 12.7 Å². The van der Waals surface area contributed by atoms with Crippen LogP contribution in [-0.4, -0.2) is 40.1 Å². The highest BCUT2D eigenvalue weighted by molar-refractivity contribution is 5.73. The van der Waals surface area contributed by atoms with Crippen LogP contribution in [0, 0.1) is 0 Å². The molecule has 1 aliphatic heterocycles. The highest BCUT2D eigenvalue weighted by atomic mass is 16.5. The topological polar surface area (TPSA) is 81.1 Å². The molecule has 1 fully saturated rings. The van der Waals surface area contributed by atoms with Crippen LogP contribution in [-0.2, 0) is 17.8 Å². The molecule has 122 valence electrons. The van der Waals surface area contributed by atoms with E-state index in [-0.39, 0.29) is 12.1 Å². The van der Waals surface area contributed by atoms with E-state index in [1.54, 1.807) is 11.0 Å². The Kier molecular flexibility index (Phi) is 5.21. The van der Waals surface area contributed by atoms with Crippen LogP contribution >= 0.6 is 0 Å². The first kappa shape index (κ1) is 15.5. The van der Waals surface area contributed by atoms with Gasteiger partial charge >= 0.3 is 6.03 Å². The molecule has 1 aliphatic rings. The van der Waals surface area contributed by atoms with Gasteiger partial charge in [0.05, 0.1) is 12.6 Å². The Bertz CT molecular complexity index is 606. The van der Waals surface area contributed by atoms with Crippen molar-refractivity contribution in [3.8, 4) is 0 Å². The number of rotatable bonds is 6. The summed E-state index contributed by atoms with van der Waals surface area (Å²) >= 11 is 0. The lowest BCUT2D eigenvalue weighted by Crippen LogP contribution is -2.39. The van der Waals surface area contributed by atoms with E-state index in [1.165, 1.54) is 6.33 Å². The molecule has 2 amide bonds. The molecular weight excluding hydrogens is 294 g/mol. The van der Waals surface area contributed by atoms with Crippen molar-refractivity contribution in [1.29, 1.82) is 0 Å². The minimum absolute atomic E-state index is 0.160. The molecule has 3 rings (SSSR count). The molecule has 1 atom stereocenters. The molecule has 7 nitrogen and oxygen atoms in total. The lowest BCUT2D eigenvalue weighted by Gasteiger charge is -2.12. The first-order valence-corrected chi connectivity index (χ1v) is 7.83. The molecule has 0 aliphatic carbocycles. The summed E-state index contributed by atoms with van der Waals surface area (Å²) in [5, 5.41) is 9.77. The largest absolute Gasteiger partial charge is 0.376 e. The van der Waals surface area contributed by atoms with Crippen molar-refractivity contribution in [1.82, 2.24) is 25.4 Å². The molecule has 2 N–H and O–H groups in total. The first-order chi connectivity index (χ1) is 11.3. The van der Waals surface area contributed by atoms with Crippen LogP contribution in [0.1, 0.15) is 24.0 Å². The van der Waals surface area contributed by atoms with Gasteiger partial charge in [-0.05, 0) is 24.0 Å². The molecule has 1 saturated heterocycles. The van der Waals surface area contributed by atoms with Crippen molar-refractivity contribution in [3.05, 3.63) is 48.0 Å². The number of urea groups is 1. The van der Waals surface area contributed by atoms with Crippen LogP contribution in [0.2, 0.25) is 0 Å². The van der Waals surface area contributed by atoms with E-state index in [9.17, 15) is 4.79 Å². The van der Waals surface area contributed by atoms with Crippen molar-refractivity contribution in [2.24, 2.45) is 0 Å². The predicted octanol–water partition coefficient (Wildman–Crippen LogP) is 1.30. The number of benzene rings is 1. The molecule has 2 aromatic rings. The minimum atomic E-state index is -0.160. The van der Waals surface area contributed by atoms with Crippen molar-refractivity contribution in [3.63, 3.8) is 0 Å². The smallest absolute Gasteiger partial charge is 0.315 e. The molecule has 1 aromatic heterocycles. The van der Waals surface area contributed by atoms with Crippen molar-refractivity contribution in [2.75, 3.05) is 13.2 Å². The Morgan fingerprint density at radius 3 is 2.78 bits per heavy atom. The second-order valence-electron chi connectivity index (χ2n) is 5.61. The van der Waals surface area contributed by atoms with Gasteiger partial charge in [0.15, 0.2) is 0 Å². The second-order valence-corrected chi connectivity index (χ2v) is 5.61. The molecule has 1 aromatic carbocycles. The molecule has 23 heavy (non-hydrogen) atoms. The molecule has 2 heterocycles. The zero-order chi connectivity index (χ0) is 15.9. The quantitative estimate of drug-likeness (QED) is 0.842. The third-order valence-corrected chi connectivity index (χ3v) is 3.80. The number of amides is 2. The third kappa shape index (κ3) is 4.79. The number of nitrogens with one attached hydrogen (secondary N) is 2. The maximum Gasteiger partial charge on any atom is 0.315 e. The summed E-state index contributed by atoms with van der Waals surface area (Å²) < 4.78 is 7.24. The number of hydrogen-bond donors (Lipinski definition) is 2. The molecular formula is C16H21N5O2. The third-order valence-electron chi connectivity index (χ3n) is 3.80. The number of nitrogens with zero attached hydrogens (tertiary/aromatic N) is 3. The molecule has 1 unspecified atom stereocenters. The normalized spacial score (nSPS) is 17.1. The monoisotopic (exact) mass is 315 g/mol. The summed E-state index contributed by atoms with van der Waals surface area (Å²) in [6.07, 6.45) is 5.47. The van der Waals surface area contributed by atoms with E-state index < -0.39 is 0 Å². The standard InChI is InChI=1S/C16H21N5O2/c22-16(19-9-15-2-1-7-23-15)18-8-13-3-5-14(6-4-13)10-21-12-17-11-20-21/h3-6,11-12,15H,1-2,7-10H2,(H2,18,19,22). The molecule has 0 spiro atoms. The number of carbonyl (C=O) groups excluding carboxylic acids is 1. The summed E-state index contributed by atoms with van der Waals surface area (Å²) in [6, 6.07) is 7.91. The summed E-state index contributed by atoms with van der Waals surface area (Å²) in [5.41, 5.74) is 2.20. The van der Waals surface area contributed by atoms with Crippen LogP contribution < -0.4 is 10.6 Å². The first-order valence-electron chi connectivity index (χ1n) is 7.83. The number of ether oxygens (including phenoxy) is 1. The van der Waals surface area contributed by atoms with Crippen LogP contribution in [0.5, 0.6) is 0 Å². The maximum absolute atomic E-state index is 11.8. The van der Waals surface area contributed by atoms with Crippen molar-refractivity contribution in [2.45, 2.75) is 32.0 Å². The van der Waals surface area contributed by atoms with E-state index in [2.05, 4.69) is 20.7 Å². The predicted molar refractivity (Wildman–Crippen MR) is 84.8 cm³/mol. The Morgan fingerprint density at radius 2 is 2.09 bits per heavy atom. The highest BCUT2D eigenvalue weighted by Crippen LogP contribution is 2.10. The highest BCUT2D eigenvalue weighted by Gasteiger charge is 2.15. The van der Waals surface area contributed by atoms with Crippen LogP contribution in [0.15, 0.2) is 36.9 Å². The maximum atomic E-state index is 11.8. The number of hydrogen-bond acceptors (Lipinski definition) is 4. The second kappa shape index (κ2) is 7.73. The van der Waals surface area contributed by atoms with Gasteiger partial charge in [0.25, 0.3) is 0 Å². The van der Waals surface area contributed by atoms with E-state index in [0.717, 1.165) is 30.6 Å². The zero-order valence-corrected chi connectivity index (χ0v) is 12.9. The van der Waals surface area contributed by atoms with Gasteiger partial charge in [-0.25, -0.2) is 14.5 Å². The SMILES string of the molecule is O=C(NCc1ccc(Cn2cncn2)cc1)NCC1CCCO1. The number of aromatic nitrogens is 3. The van der Waals surface area contributed by atoms with Crippen LogP contribution in [0.4, 0.5) is 4.79 Å². The molecule has 0 saturated carbocycles. The van der Waals surface area contributed by atoms with Gasteiger partial charge in [0, 0.05) is 19.7 Å². The summed E-state index contributed by atoms with van der Waals surface area (Å²) in [4.78, 5) is 15.7. The zero-order valence-electron chi connectivity index (χ0n) is 12.9.